The Labute approximate surface area is 176 Å². The lowest BCUT2D eigenvalue weighted by Crippen LogP contribution is -2.38. The van der Waals surface area contributed by atoms with Gasteiger partial charge in [0.15, 0.2) is 0 Å². The van der Waals surface area contributed by atoms with Crippen LogP contribution >= 0.6 is 0 Å². The Balaban J connectivity index is 1.49. The minimum Gasteiger partial charge on any atom is -0.378 e. The molecule has 0 radical (unpaired) electrons. The van der Waals surface area contributed by atoms with Gasteiger partial charge in [-0.2, -0.15) is 9.61 Å². The van der Waals surface area contributed by atoms with E-state index in [4.69, 9.17) is 14.8 Å². The summed E-state index contributed by atoms with van der Waals surface area (Å²) in [6.07, 6.45) is 5.53. The molecule has 1 aromatic carbocycles. The van der Waals surface area contributed by atoms with Gasteiger partial charge < -0.3 is 9.64 Å². The first-order chi connectivity index (χ1) is 14.9. The maximum atomic E-state index is 5.56. The van der Waals surface area contributed by atoms with Crippen LogP contribution in [0.2, 0.25) is 0 Å². The summed E-state index contributed by atoms with van der Waals surface area (Å²) in [7, 11) is 0. The summed E-state index contributed by atoms with van der Waals surface area (Å²) in [5, 5.41) is 5.16. The third-order valence-electron chi connectivity index (χ3n) is 6.95. The van der Waals surface area contributed by atoms with E-state index in [1.54, 1.807) is 0 Å². The Kier molecular flexibility index (Phi) is 4.67. The minimum absolute atomic E-state index is 0.514. The van der Waals surface area contributed by atoms with Gasteiger partial charge in [0.1, 0.15) is 0 Å². The highest BCUT2D eigenvalue weighted by atomic mass is 16.5. The Bertz CT molecular complexity index is 1030. The van der Waals surface area contributed by atoms with Crippen LogP contribution in [-0.2, 0) is 4.74 Å². The molecule has 2 aromatic heterocycles. The Morgan fingerprint density at radius 3 is 2.77 bits per heavy atom. The molecule has 156 valence electrons. The predicted octanol–water partition coefficient (Wildman–Crippen LogP) is 2.59. The van der Waals surface area contributed by atoms with Gasteiger partial charge in [-0.05, 0) is 37.2 Å². The zero-order valence-electron chi connectivity index (χ0n) is 17.1. The van der Waals surface area contributed by atoms with Gasteiger partial charge in [0.25, 0.3) is 0 Å². The van der Waals surface area contributed by atoms with E-state index in [1.165, 1.54) is 35.9 Å². The molecule has 6 rings (SSSR count). The van der Waals surface area contributed by atoms with Crippen molar-refractivity contribution >= 4 is 11.5 Å². The summed E-state index contributed by atoms with van der Waals surface area (Å²) in [5.41, 5.74) is 11.7. The van der Waals surface area contributed by atoms with Crippen LogP contribution < -0.4 is 15.8 Å². The van der Waals surface area contributed by atoms with E-state index in [9.17, 15) is 0 Å². The van der Waals surface area contributed by atoms with Crippen molar-refractivity contribution in [2.45, 2.75) is 31.2 Å². The van der Waals surface area contributed by atoms with Gasteiger partial charge >= 0.3 is 0 Å². The highest BCUT2D eigenvalue weighted by molar-refractivity contribution is 5.75. The molecular weight excluding hydrogens is 376 g/mol. The van der Waals surface area contributed by atoms with Crippen LogP contribution in [-0.4, -0.2) is 53.5 Å². The smallest absolute Gasteiger partial charge is 0.227 e. The normalized spacial score (nSPS) is 26.8. The number of hydrazine groups is 1. The van der Waals surface area contributed by atoms with Crippen molar-refractivity contribution in [3.8, 4) is 11.3 Å². The lowest BCUT2D eigenvalue weighted by atomic mass is 9.75. The van der Waals surface area contributed by atoms with Gasteiger partial charge in [-0.25, -0.2) is 4.98 Å². The van der Waals surface area contributed by atoms with Crippen LogP contribution in [0.4, 0.5) is 5.95 Å². The van der Waals surface area contributed by atoms with E-state index < -0.39 is 0 Å². The number of nitrogens with one attached hydrogen (secondary N) is 2. The number of hydrogen-bond acceptors (Lipinski definition) is 6. The van der Waals surface area contributed by atoms with Gasteiger partial charge in [-0.15, -0.1) is 0 Å². The van der Waals surface area contributed by atoms with Crippen LogP contribution in [0.1, 0.15) is 30.7 Å². The van der Waals surface area contributed by atoms with E-state index >= 15 is 0 Å². The number of anilines is 1. The average molecular weight is 405 g/mol. The van der Waals surface area contributed by atoms with Crippen LogP contribution in [0, 0.1) is 5.92 Å². The van der Waals surface area contributed by atoms with Crippen LogP contribution in [0.25, 0.3) is 16.8 Å². The highest BCUT2D eigenvalue weighted by Gasteiger charge is 2.37. The van der Waals surface area contributed by atoms with E-state index in [2.05, 4.69) is 56.7 Å². The van der Waals surface area contributed by atoms with Crippen molar-refractivity contribution in [3.63, 3.8) is 0 Å². The monoisotopic (exact) mass is 404 g/mol. The zero-order valence-corrected chi connectivity index (χ0v) is 17.1. The molecule has 2 saturated heterocycles. The summed E-state index contributed by atoms with van der Waals surface area (Å²) < 4.78 is 7.64. The number of hydrogen-bond donors (Lipinski definition) is 2. The molecule has 3 atom stereocenters. The van der Waals surface area contributed by atoms with Gasteiger partial charge in [0.2, 0.25) is 5.95 Å². The van der Waals surface area contributed by atoms with Crippen LogP contribution in [0.15, 0.2) is 42.6 Å². The molecule has 4 heterocycles. The van der Waals surface area contributed by atoms with Crippen molar-refractivity contribution in [2.75, 3.05) is 37.7 Å². The molecule has 0 spiro atoms. The van der Waals surface area contributed by atoms with E-state index in [0.717, 1.165) is 44.5 Å². The lowest BCUT2D eigenvalue weighted by molar-refractivity contribution is 0.122. The number of rotatable bonds is 3. The van der Waals surface area contributed by atoms with Crippen LogP contribution in [0.3, 0.4) is 0 Å². The second-order valence-corrected chi connectivity index (χ2v) is 8.67. The predicted molar refractivity (Wildman–Crippen MR) is 116 cm³/mol. The van der Waals surface area contributed by atoms with Crippen molar-refractivity contribution in [1.29, 1.82) is 0 Å². The van der Waals surface area contributed by atoms with Gasteiger partial charge in [0.05, 0.1) is 24.4 Å². The fourth-order valence-electron chi connectivity index (χ4n) is 5.44. The molecule has 0 amide bonds. The lowest BCUT2D eigenvalue weighted by Gasteiger charge is -2.31. The molecule has 3 fully saturated rings. The summed E-state index contributed by atoms with van der Waals surface area (Å²) >= 11 is 0. The molecule has 1 aliphatic carbocycles. The first-order valence-electron chi connectivity index (χ1n) is 11.1. The van der Waals surface area contributed by atoms with E-state index in [1.807, 2.05) is 6.20 Å². The van der Waals surface area contributed by atoms with Crippen molar-refractivity contribution in [1.82, 2.24) is 25.4 Å². The molecule has 30 heavy (non-hydrogen) atoms. The van der Waals surface area contributed by atoms with Crippen LogP contribution in [0.5, 0.6) is 0 Å². The summed E-state index contributed by atoms with van der Waals surface area (Å²) in [6.45, 7) is 4.24. The van der Waals surface area contributed by atoms with Gasteiger partial charge in [0, 0.05) is 43.0 Å². The zero-order chi connectivity index (χ0) is 19.9. The molecule has 0 bridgehead atoms. The Morgan fingerprint density at radius 1 is 1.03 bits per heavy atom. The van der Waals surface area contributed by atoms with Gasteiger partial charge in [-0.1, -0.05) is 30.3 Å². The van der Waals surface area contributed by atoms with E-state index in [-0.39, 0.29) is 0 Å². The summed E-state index contributed by atoms with van der Waals surface area (Å²) in [4.78, 5) is 7.02. The first kappa shape index (κ1) is 18.3. The average Bonchev–Trinajstić information content (AvgIpc) is 3.44. The minimum atomic E-state index is 0.514. The van der Waals surface area contributed by atoms with Crippen molar-refractivity contribution < 1.29 is 4.74 Å². The number of morpholine rings is 1. The fraction of sp³-hybridized carbons (Fsp3) is 0.478. The topological polar surface area (TPSA) is 66.7 Å². The molecular formula is C23H28N6O. The third kappa shape index (κ3) is 3.09. The molecule has 3 aliphatic rings. The largest absolute Gasteiger partial charge is 0.378 e. The molecule has 2 aliphatic heterocycles. The maximum absolute atomic E-state index is 5.56. The van der Waals surface area contributed by atoms with Crippen molar-refractivity contribution in [2.24, 2.45) is 5.92 Å². The fourth-order valence-corrected chi connectivity index (χ4v) is 5.44. The second-order valence-electron chi connectivity index (χ2n) is 8.67. The quantitative estimate of drug-likeness (QED) is 0.700. The molecule has 2 N–H and O–H groups in total. The standard InChI is InChI=1S/C23H28N6O/c1-2-4-16(5-3-1)22-21(17-6-7-19-18(14-17)15-25-26-19)20-8-9-24-23(29(20)27-22)28-10-12-30-13-11-28/h1-5,8-9,17-19,25-26H,6-7,10-15H2. The number of aromatic nitrogens is 3. The molecule has 7 nitrogen and oxygen atoms in total. The first-order valence-corrected chi connectivity index (χ1v) is 11.1. The number of nitrogens with zero attached hydrogens (tertiary/aromatic N) is 4. The summed E-state index contributed by atoms with van der Waals surface area (Å²) in [6, 6.07) is 13.4. The molecule has 7 heteroatoms. The number of ether oxygens (including phenoxy) is 1. The highest BCUT2D eigenvalue weighted by Crippen LogP contribution is 2.43. The van der Waals surface area contributed by atoms with E-state index in [0.29, 0.717) is 17.9 Å². The number of benzene rings is 1. The SMILES string of the molecule is c1ccc(-c2nn3c(N4CCOCC4)nccc3c2C2CCC3NNCC3C2)cc1. The second kappa shape index (κ2) is 7.65. The molecule has 3 unspecified atom stereocenters. The van der Waals surface area contributed by atoms with Crippen molar-refractivity contribution in [3.05, 3.63) is 48.2 Å². The maximum Gasteiger partial charge on any atom is 0.227 e. The third-order valence-corrected chi connectivity index (χ3v) is 6.95. The van der Waals surface area contributed by atoms with Gasteiger partial charge in [-0.3, -0.25) is 10.9 Å². The Morgan fingerprint density at radius 2 is 1.90 bits per heavy atom. The summed E-state index contributed by atoms with van der Waals surface area (Å²) in [5.74, 6) is 2.13. The molecule has 3 aromatic rings. The number of fused-ring (bicyclic) bond motifs is 2. The Hall–Kier alpha value is -2.48. The molecule has 1 saturated carbocycles.